The summed E-state index contributed by atoms with van der Waals surface area (Å²) in [7, 11) is 0. The predicted octanol–water partition coefficient (Wildman–Crippen LogP) is 3.13. The van der Waals surface area contributed by atoms with Gasteiger partial charge in [-0.3, -0.25) is 4.90 Å². The minimum Gasteiger partial charge on any atom is -0.390 e. The van der Waals surface area contributed by atoms with Crippen molar-refractivity contribution >= 4 is 23.2 Å². The molecule has 0 amide bonds. The molecule has 1 aliphatic heterocycles. The van der Waals surface area contributed by atoms with Gasteiger partial charge in [-0.2, -0.15) is 0 Å². The van der Waals surface area contributed by atoms with Crippen LogP contribution in [0, 0.1) is 0 Å². The van der Waals surface area contributed by atoms with Crippen LogP contribution in [0.4, 0.5) is 0 Å². The topological polar surface area (TPSA) is 36.4 Å². The molecule has 0 bridgehead atoms. The van der Waals surface area contributed by atoms with Crippen LogP contribution in [-0.2, 0) is 6.54 Å². The minimum absolute atomic E-state index is 0.419. The molecule has 18 heavy (non-hydrogen) atoms. The summed E-state index contributed by atoms with van der Waals surface area (Å²) in [6.07, 6.45) is 4.39. The molecule has 0 radical (unpaired) electrons. The van der Waals surface area contributed by atoms with Crippen LogP contribution >= 0.6 is 23.2 Å². The summed E-state index contributed by atoms with van der Waals surface area (Å²) in [6.45, 7) is 4.54. The molecular weight excluding hydrogens is 271 g/mol. The summed E-state index contributed by atoms with van der Waals surface area (Å²) in [5.41, 5.74) is 0.458. The van der Waals surface area contributed by atoms with Crippen molar-refractivity contribution < 1.29 is 5.11 Å². The van der Waals surface area contributed by atoms with Crippen molar-refractivity contribution in [1.29, 1.82) is 0 Å². The lowest BCUT2D eigenvalue weighted by molar-refractivity contribution is 0.0444. The van der Waals surface area contributed by atoms with Crippen molar-refractivity contribution in [2.24, 2.45) is 0 Å². The van der Waals surface area contributed by atoms with Crippen molar-refractivity contribution in [1.82, 2.24) is 9.88 Å². The van der Waals surface area contributed by atoms with E-state index in [0.29, 0.717) is 10.2 Å². The SMILES string of the molecule is CC1(O)CCCN(Cc2cnc(Cl)cc2Cl)CC1. The summed E-state index contributed by atoms with van der Waals surface area (Å²) in [5.74, 6) is 0. The molecule has 1 aromatic rings. The third-order valence-corrected chi connectivity index (χ3v) is 4.01. The second-order valence-electron chi connectivity index (χ2n) is 5.23. The van der Waals surface area contributed by atoms with Gasteiger partial charge in [0, 0.05) is 29.9 Å². The monoisotopic (exact) mass is 288 g/mol. The Kier molecular flexibility index (Phi) is 4.49. The molecule has 2 rings (SSSR count). The van der Waals surface area contributed by atoms with Gasteiger partial charge in [-0.1, -0.05) is 23.2 Å². The Morgan fingerprint density at radius 1 is 1.39 bits per heavy atom. The number of hydrogen-bond acceptors (Lipinski definition) is 3. The molecule has 0 aromatic carbocycles. The lowest BCUT2D eigenvalue weighted by atomic mass is 9.98. The molecule has 0 aliphatic carbocycles. The van der Waals surface area contributed by atoms with E-state index in [1.165, 1.54) is 0 Å². The van der Waals surface area contributed by atoms with Gasteiger partial charge in [-0.15, -0.1) is 0 Å². The van der Waals surface area contributed by atoms with Gasteiger partial charge in [0.2, 0.25) is 0 Å². The van der Waals surface area contributed by atoms with Crippen LogP contribution in [0.2, 0.25) is 10.2 Å². The summed E-state index contributed by atoms with van der Waals surface area (Å²) < 4.78 is 0. The van der Waals surface area contributed by atoms with Crippen LogP contribution in [-0.4, -0.2) is 33.7 Å². The highest BCUT2D eigenvalue weighted by atomic mass is 35.5. The van der Waals surface area contributed by atoms with Crippen molar-refractivity contribution in [3.63, 3.8) is 0 Å². The number of pyridine rings is 1. The molecule has 1 fully saturated rings. The van der Waals surface area contributed by atoms with E-state index < -0.39 is 5.60 Å². The number of halogens is 2. The van der Waals surface area contributed by atoms with E-state index >= 15 is 0 Å². The number of aliphatic hydroxyl groups is 1. The quantitative estimate of drug-likeness (QED) is 0.850. The third kappa shape index (κ3) is 3.82. The second kappa shape index (κ2) is 5.74. The first-order chi connectivity index (χ1) is 8.46. The number of likely N-dealkylation sites (tertiary alicyclic amines) is 1. The molecule has 1 aromatic heterocycles. The van der Waals surface area contributed by atoms with Gasteiger partial charge in [-0.05, 0) is 38.8 Å². The smallest absolute Gasteiger partial charge is 0.130 e. The first-order valence-electron chi connectivity index (χ1n) is 6.21. The van der Waals surface area contributed by atoms with Crippen LogP contribution in [0.3, 0.4) is 0 Å². The first-order valence-corrected chi connectivity index (χ1v) is 6.96. The molecule has 2 heterocycles. The largest absolute Gasteiger partial charge is 0.390 e. The van der Waals surface area contributed by atoms with Crippen molar-refractivity contribution in [2.75, 3.05) is 13.1 Å². The Labute approximate surface area is 118 Å². The Hall–Kier alpha value is -0.350. The lowest BCUT2D eigenvalue weighted by Gasteiger charge is -2.22. The molecule has 0 saturated carbocycles. The van der Waals surface area contributed by atoms with Crippen molar-refractivity contribution in [3.05, 3.63) is 28.0 Å². The number of nitrogens with zero attached hydrogens (tertiary/aromatic N) is 2. The zero-order chi connectivity index (χ0) is 13.2. The van der Waals surface area contributed by atoms with E-state index in [1.807, 2.05) is 6.92 Å². The zero-order valence-corrected chi connectivity index (χ0v) is 12.0. The first kappa shape index (κ1) is 14.1. The van der Waals surface area contributed by atoms with Gasteiger partial charge in [-0.25, -0.2) is 4.98 Å². The Bertz CT molecular complexity index is 423. The highest BCUT2D eigenvalue weighted by Crippen LogP contribution is 2.24. The Morgan fingerprint density at radius 2 is 2.17 bits per heavy atom. The van der Waals surface area contributed by atoms with Gasteiger partial charge in [0.05, 0.1) is 5.60 Å². The average molecular weight is 289 g/mol. The standard InChI is InChI=1S/C13H18Cl2N2O/c1-13(18)3-2-5-17(6-4-13)9-10-8-16-12(15)7-11(10)14/h7-8,18H,2-6,9H2,1H3. The van der Waals surface area contributed by atoms with E-state index in [2.05, 4.69) is 9.88 Å². The van der Waals surface area contributed by atoms with Gasteiger partial charge in [0.25, 0.3) is 0 Å². The Morgan fingerprint density at radius 3 is 2.89 bits per heavy atom. The highest BCUT2D eigenvalue weighted by molar-refractivity contribution is 6.34. The number of rotatable bonds is 2. The normalized spacial score (nSPS) is 26.0. The highest BCUT2D eigenvalue weighted by Gasteiger charge is 2.25. The van der Waals surface area contributed by atoms with Gasteiger partial charge in [0.15, 0.2) is 0 Å². The molecule has 100 valence electrons. The molecule has 1 aliphatic rings. The van der Waals surface area contributed by atoms with Gasteiger partial charge < -0.3 is 5.11 Å². The average Bonchev–Trinajstić information content (AvgIpc) is 2.44. The molecule has 1 unspecified atom stereocenters. The second-order valence-corrected chi connectivity index (χ2v) is 6.02. The van der Waals surface area contributed by atoms with E-state index in [0.717, 1.165) is 44.5 Å². The number of aromatic nitrogens is 1. The maximum absolute atomic E-state index is 10.0. The van der Waals surface area contributed by atoms with Crippen LogP contribution in [0.15, 0.2) is 12.3 Å². The fourth-order valence-electron chi connectivity index (χ4n) is 2.27. The molecule has 1 saturated heterocycles. The predicted molar refractivity (Wildman–Crippen MR) is 74.0 cm³/mol. The molecule has 1 atom stereocenters. The van der Waals surface area contributed by atoms with Crippen LogP contribution in [0.1, 0.15) is 31.7 Å². The molecule has 1 N–H and O–H groups in total. The maximum Gasteiger partial charge on any atom is 0.130 e. The van der Waals surface area contributed by atoms with E-state index in [9.17, 15) is 5.11 Å². The van der Waals surface area contributed by atoms with Crippen LogP contribution in [0.25, 0.3) is 0 Å². The van der Waals surface area contributed by atoms with Gasteiger partial charge >= 0.3 is 0 Å². The molecule has 3 nitrogen and oxygen atoms in total. The zero-order valence-electron chi connectivity index (χ0n) is 10.5. The van der Waals surface area contributed by atoms with Crippen molar-refractivity contribution in [3.8, 4) is 0 Å². The summed E-state index contributed by atoms with van der Waals surface area (Å²) in [4.78, 5) is 6.37. The summed E-state index contributed by atoms with van der Waals surface area (Å²) in [5, 5.41) is 11.1. The van der Waals surface area contributed by atoms with Crippen LogP contribution in [0.5, 0.6) is 0 Å². The third-order valence-electron chi connectivity index (χ3n) is 3.45. The summed E-state index contributed by atoms with van der Waals surface area (Å²) >= 11 is 11.9. The molecule has 5 heteroatoms. The van der Waals surface area contributed by atoms with Crippen LogP contribution < -0.4 is 0 Å². The fraction of sp³-hybridized carbons (Fsp3) is 0.615. The molecule has 0 spiro atoms. The summed E-state index contributed by atoms with van der Waals surface area (Å²) in [6, 6.07) is 1.67. The van der Waals surface area contributed by atoms with Crippen molar-refractivity contribution in [2.45, 2.75) is 38.3 Å². The fourth-order valence-corrected chi connectivity index (χ4v) is 2.70. The van der Waals surface area contributed by atoms with E-state index in [4.69, 9.17) is 23.2 Å². The van der Waals surface area contributed by atoms with Gasteiger partial charge in [0.1, 0.15) is 5.15 Å². The minimum atomic E-state index is -0.531. The maximum atomic E-state index is 10.0. The van der Waals surface area contributed by atoms with E-state index in [-0.39, 0.29) is 0 Å². The lowest BCUT2D eigenvalue weighted by Crippen LogP contribution is -2.28. The van der Waals surface area contributed by atoms with E-state index in [1.54, 1.807) is 12.3 Å². The number of hydrogen-bond donors (Lipinski definition) is 1. The molecular formula is C13H18Cl2N2O. The Balaban J connectivity index is 2.01.